The third kappa shape index (κ3) is 2.91. The molecule has 0 spiro atoms. The Morgan fingerprint density at radius 3 is 2.68 bits per heavy atom. The van der Waals surface area contributed by atoms with Crippen LogP contribution in [-0.2, 0) is 0 Å². The van der Waals surface area contributed by atoms with Gasteiger partial charge in [-0.05, 0) is 42.8 Å². The molecule has 0 unspecified atom stereocenters. The van der Waals surface area contributed by atoms with Crippen LogP contribution in [0.15, 0.2) is 41.4 Å². The lowest BCUT2D eigenvalue weighted by atomic mass is 10.2. The zero-order valence-corrected chi connectivity index (χ0v) is 13.3. The maximum atomic E-state index is 6.15. The van der Waals surface area contributed by atoms with Gasteiger partial charge in [0.25, 0.3) is 0 Å². The Hall–Kier alpha value is -2.11. The molecule has 0 radical (unpaired) electrons. The molecule has 2 N–H and O–H groups in total. The second-order valence-corrected chi connectivity index (χ2v) is 5.51. The van der Waals surface area contributed by atoms with Crippen molar-refractivity contribution in [2.75, 3.05) is 5.88 Å². The van der Waals surface area contributed by atoms with E-state index in [1.54, 1.807) is 4.80 Å². The van der Waals surface area contributed by atoms with E-state index in [9.17, 15) is 0 Å². The van der Waals surface area contributed by atoms with Gasteiger partial charge in [-0.3, -0.25) is 0 Å². The van der Waals surface area contributed by atoms with Crippen LogP contribution < -0.4 is 5.73 Å². The number of fused-ring (bicyclic) bond motifs is 1. The number of amidine groups is 1. The fourth-order valence-electron chi connectivity index (χ4n) is 1.99. The summed E-state index contributed by atoms with van der Waals surface area (Å²) in [5.74, 6) is 0.547. The Labute approximate surface area is 137 Å². The van der Waals surface area contributed by atoms with Crippen LogP contribution in [-0.4, -0.2) is 26.7 Å². The first-order chi connectivity index (χ1) is 10.6. The SMILES string of the molecule is Cc1ccc(-n2nc3ccc(N=C(N)CCl)cc3n2)cc1Cl. The summed E-state index contributed by atoms with van der Waals surface area (Å²) >= 11 is 11.8. The lowest BCUT2D eigenvalue weighted by molar-refractivity contribution is 0.765. The number of aromatic nitrogens is 3. The largest absolute Gasteiger partial charge is 0.386 e. The first-order valence-electron chi connectivity index (χ1n) is 6.59. The van der Waals surface area contributed by atoms with Crippen LogP contribution >= 0.6 is 23.2 Å². The minimum atomic E-state index is 0.187. The molecule has 0 aliphatic heterocycles. The van der Waals surface area contributed by atoms with Gasteiger partial charge in [-0.25, -0.2) is 4.99 Å². The Morgan fingerprint density at radius 1 is 1.18 bits per heavy atom. The summed E-state index contributed by atoms with van der Waals surface area (Å²) < 4.78 is 0. The predicted molar refractivity (Wildman–Crippen MR) is 90.6 cm³/mol. The second-order valence-electron chi connectivity index (χ2n) is 4.83. The number of hydrogen-bond donors (Lipinski definition) is 1. The van der Waals surface area contributed by atoms with Crippen molar-refractivity contribution in [1.82, 2.24) is 15.0 Å². The van der Waals surface area contributed by atoms with Crippen molar-refractivity contribution in [3.05, 3.63) is 47.0 Å². The van der Waals surface area contributed by atoms with Gasteiger partial charge in [0.05, 0.1) is 17.3 Å². The van der Waals surface area contributed by atoms with E-state index in [-0.39, 0.29) is 5.88 Å². The quantitative estimate of drug-likeness (QED) is 0.452. The standard InChI is InChI=1S/C15H13Cl2N5/c1-9-2-4-11(7-12(9)17)22-20-13-5-3-10(6-14(13)21-22)19-15(18)8-16/h2-7H,8H2,1H3,(H2,18,19). The Kier molecular flexibility index (Phi) is 4.00. The highest BCUT2D eigenvalue weighted by atomic mass is 35.5. The normalized spacial score (nSPS) is 12.0. The van der Waals surface area contributed by atoms with Gasteiger partial charge in [0.15, 0.2) is 0 Å². The van der Waals surface area contributed by atoms with Crippen molar-refractivity contribution in [1.29, 1.82) is 0 Å². The van der Waals surface area contributed by atoms with Gasteiger partial charge in [-0.1, -0.05) is 17.7 Å². The van der Waals surface area contributed by atoms with Gasteiger partial charge in [0, 0.05) is 5.02 Å². The van der Waals surface area contributed by atoms with Crippen LogP contribution in [0.4, 0.5) is 5.69 Å². The summed E-state index contributed by atoms with van der Waals surface area (Å²) in [6, 6.07) is 11.2. The van der Waals surface area contributed by atoms with E-state index in [1.807, 2.05) is 43.3 Å². The number of hydrogen-bond acceptors (Lipinski definition) is 3. The van der Waals surface area contributed by atoms with Gasteiger partial charge in [0.1, 0.15) is 16.9 Å². The third-order valence-electron chi connectivity index (χ3n) is 3.16. The van der Waals surface area contributed by atoms with Crippen LogP contribution in [0.5, 0.6) is 0 Å². The zero-order chi connectivity index (χ0) is 15.7. The first-order valence-corrected chi connectivity index (χ1v) is 7.51. The number of rotatable bonds is 3. The Morgan fingerprint density at radius 2 is 1.95 bits per heavy atom. The number of aliphatic imine (C=N–C) groups is 1. The molecule has 5 nitrogen and oxygen atoms in total. The lowest BCUT2D eigenvalue weighted by Crippen LogP contribution is -2.12. The number of aryl methyl sites for hydroxylation is 1. The van der Waals surface area contributed by atoms with Crippen LogP contribution in [0.2, 0.25) is 5.02 Å². The molecule has 7 heteroatoms. The zero-order valence-electron chi connectivity index (χ0n) is 11.8. The molecule has 0 amide bonds. The topological polar surface area (TPSA) is 69.1 Å². The van der Waals surface area contributed by atoms with Gasteiger partial charge < -0.3 is 5.73 Å². The van der Waals surface area contributed by atoms with E-state index in [1.165, 1.54) is 0 Å². The fourth-order valence-corrected chi connectivity index (χ4v) is 2.22. The van der Waals surface area contributed by atoms with E-state index < -0.39 is 0 Å². The van der Waals surface area contributed by atoms with Gasteiger partial charge >= 0.3 is 0 Å². The average molecular weight is 334 g/mol. The molecule has 2 aromatic carbocycles. The molecule has 0 fully saturated rings. The number of nitrogens with zero attached hydrogens (tertiary/aromatic N) is 4. The van der Waals surface area contributed by atoms with E-state index >= 15 is 0 Å². The Balaban J connectivity index is 2.04. The molecule has 0 saturated carbocycles. The second kappa shape index (κ2) is 5.94. The first kappa shape index (κ1) is 14.8. The number of nitrogens with two attached hydrogens (primary N) is 1. The lowest BCUT2D eigenvalue weighted by Gasteiger charge is -2.01. The summed E-state index contributed by atoms with van der Waals surface area (Å²) in [6.07, 6.45) is 0. The molecule has 3 rings (SSSR count). The summed E-state index contributed by atoms with van der Waals surface area (Å²) in [7, 11) is 0. The molecule has 22 heavy (non-hydrogen) atoms. The van der Waals surface area contributed by atoms with Crippen molar-refractivity contribution < 1.29 is 0 Å². The maximum Gasteiger partial charge on any atom is 0.115 e. The molecule has 1 aromatic heterocycles. The average Bonchev–Trinajstić information content (AvgIpc) is 2.93. The van der Waals surface area contributed by atoms with Crippen LogP contribution in [0.1, 0.15) is 5.56 Å². The smallest absolute Gasteiger partial charge is 0.115 e. The van der Waals surface area contributed by atoms with Gasteiger partial charge in [-0.2, -0.15) is 4.80 Å². The Bertz CT molecular complexity index is 869. The van der Waals surface area contributed by atoms with E-state index in [4.69, 9.17) is 28.9 Å². The van der Waals surface area contributed by atoms with Crippen molar-refractivity contribution in [2.45, 2.75) is 6.92 Å². The molecule has 112 valence electrons. The number of halogens is 2. The highest BCUT2D eigenvalue weighted by molar-refractivity contribution is 6.31. The summed E-state index contributed by atoms with van der Waals surface area (Å²) in [5.41, 5.74) is 9.63. The summed E-state index contributed by atoms with van der Waals surface area (Å²) in [5, 5.41) is 9.57. The molecule has 0 bridgehead atoms. The monoisotopic (exact) mass is 333 g/mol. The molecule has 1 heterocycles. The number of benzene rings is 2. The van der Waals surface area contributed by atoms with Crippen LogP contribution in [0, 0.1) is 6.92 Å². The van der Waals surface area contributed by atoms with E-state index in [0.717, 1.165) is 22.3 Å². The molecule has 0 aliphatic carbocycles. The van der Waals surface area contributed by atoms with Crippen molar-refractivity contribution in [2.24, 2.45) is 10.7 Å². The third-order valence-corrected chi connectivity index (χ3v) is 3.84. The molecule has 3 aromatic rings. The van der Waals surface area contributed by atoms with E-state index in [0.29, 0.717) is 16.5 Å². The highest BCUT2D eigenvalue weighted by Crippen LogP contribution is 2.22. The minimum Gasteiger partial charge on any atom is -0.386 e. The van der Waals surface area contributed by atoms with Crippen molar-refractivity contribution in [3.63, 3.8) is 0 Å². The molecule has 0 atom stereocenters. The van der Waals surface area contributed by atoms with Crippen molar-refractivity contribution >= 4 is 45.8 Å². The van der Waals surface area contributed by atoms with Crippen LogP contribution in [0.3, 0.4) is 0 Å². The minimum absolute atomic E-state index is 0.187. The number of alkyl halides is 1. The van der Waals surface area contributed by atoms with Gasteiger partial charge in [0.2, 0.25) is 0 Å². The van der Waals surface area contributed by atoms with Crippen LogP contribution in [0.25, 0.3) is 16.7 Å². The summed E-state index contributed by atoms with van der Waals surface area (Å²) in [6.45, 7) is 1.95. The summed E-state index contributed by atoms with van der Waals surface area (Å²) in [4.78, 5) is 5.75. The predicted octanol–water partition coefficient (Wildman–Crippen LogP) is 3.61. The molecule has 0 saturated heterocycles. The van der Waals surface area contributed by atoms with E-state index in [2.05, 4.69) is 15.2 Å². The van der Waals surface area contributed by atoms with Crippen molar-refractivity contribution in [3.8, 4) is 5.69 Å². The highest BCUT2D eigenvalue weighted by Gasteiger charge is 2.07. The molecular weight excluding hydrogens is 321 g/mol. The fraction of sp³-hybridized carbons (Fsp3) is 0.133. The molecule has 0 aliphatic rings. The van der Waals surface area contributed by atoms with Gasteiger partial charge in [-0.15, -0.1) is 21.8 Å². The molecular formula is C15H13Cl2N5. The maximum absolute atomic E-state index is 6.15.